The molecule has 0 fully saturated rings. The number of hydrogen-bond donors (Lipinski definition) is 2. The summed E-state index contributed by atoms with van der Waals surface area (Å²) in [5.74, 6) is -0.624. The molecule has 0 bridgehead atoms. The van der Waals surface area contributed by atoms with Gasteiger partial charge < -0.3 is 15.0 Å². The lowest BCUT2D eigenvalue weighted by atomic mass is 10.1. The molecule has 0 spiro atoms. The number of methoxy groups -OCH3 is 1. The molecule has 7 heteroatoms. The van der Waals surface area contributed by atoms with Gasteiger partial charge in [-0.1, -0.05) is 24.3 Å². The molecule has 2 aromatic heterocycles. The van der Waals surface area contributed by atoms with Gasteiger partial charge in [0, 0.05) is 34.6 Å². The van der Waals surface area contributed by atoms with Gasteiger partial charge in [0.1, 0.15) is 11.3 Å². The number of nitrogens with zero attached hydrogens (tertiary/aromatic N) is 2. The van der Waals surface area contributed by atoms with E-state index in [1.54, 1.807) is 30.6 Å². The van der Waals surface area contributed by atoms with Gasteiger partial charge in [0.25, 0.3) is 5.91 Å². The van der Waals surface area contributed by atoms with Crippen molar-refractivity contribution in [3.8, 4) is 0 Å². The van der Waals surface area contributed by atoms with E-state index in [9.17, 15) is 9.59 Å². The minimum atomic E-state index is -0.446. The van der Waals surface area contributed by atoms with Crippen LogP contribution in [-0.2, 0) is 4.74 Å². The van der Waals surface area contributed by atoms with Crippen molar-refractivity contribution in [1.29, 1.82) is 0 Å². The number of benzene rings is 2. The van der Waals surface area contributed by atoms with E-state index < -0.39 is 5.97 Å². The molecule has 0 aliphatic heterocycles. The maximum Gasteiger partial charge on any atom is 0.354 e. The van der Waals surface area contributed by atoms with Crippen LogP contribution in [0.15, 0.2) is 71.9 Å². The number of aliphatic imine (C=N–C) groups is 1. The fourth-order valence-electron chi connectivity index (χ4n) is 3.09. The van der Waals surface area contributed by atoms with Gasteiger partial charge in [0.05, 0.1) is 12.8 Å². The minimum Gasteiger partial charge on any atom is -0.464 e. The highest BCUT2D eigenvalue weighted by molar-refractivity contribution is 6.04. The van der Waals surface area contributed by atoms with E-state index >= 15 is 0 Å². The molecule has 2 heterocycles. The number of nitrogens with one attached hydrogen (secondary N) is 2. The highest BCUT2D eigenvalue weighted by atomic mass is 16.5. The first-order chi connectivity index (χ1) is 15.0. The van der Waals surface area contributed by atoms with Crippen LogP contribution >= 0.6 is 0 Å². The van der Waals surface area contributed by atoms with Crippen LogP contribution in [0.5, 0.6) is 0 Å². The van der Waals surface area contributed by atoms with Crippen molar-refractivity contribution in [2.75, 3.05) is 12.4 Å². The average Bonchev–Trinajstić information content (AvgIpc) is 3.23. The summed E-state index contributed by atoms with van der Waals surface area (Å²) in [6.07, 6.45) is 3.36. The second kappa shape index (κ2) is 8.62. The third-order valence-corrected chi connectivity index (χ3v) is 4.75. The molecule has 31 heavy (non-hydrogen) atoms. The Morgan fingerprint density at radius 2 is 1.90 bits per heavy atom. The maximum atomic E-state index is 12.4. The van der Waals surface area contributed by atoms with Crippen molar-refractivity contribution >= 4 is 40.5 Å². The Morgan fingerprint density at radius 3 is 2.68 bits per heavy atom. The van der Waals surface area contributed by atoms with Gasteiger partial charge in [-0.05, 0) is 48.9 Å². The van der Waals surface area contributed by atoms with Crippen LogP contribution < -0.4 is 5.32 Å². The summed E-state index contributed by atoms with van der Waals surface area (Å²) >= 11 is 0. The number of H-pyrrole nitrogens is 1. The molecule has 0 saturated carbocycles. The van der Waals surface area contributed by atoms with Crippen molar-refractivity contribution in [3.63, 3.8) is 0 Å². The number of aryl methyl sites for hydroxylation is 1. The van der Waals surface area contributed by atoms with Gasteiger partial charge in [0.15, 0.2) is 0 Å². The van der Waals surface area contributed by atoms with Gasteiger partial charge in [0.2, 0.25) is 0 Å². The number of pyridine rings is 1. The van der Waals surface area contributed by atoms with Crippen LogP contribution in [0.4, 0.5) is 11.4 Å². The van der Waals surface area contributed by atoms with E-state index in [-0.39, 0.29) is 5.91 Å². The number of amides is 1. The third kappa shape index (κ3) is 4.51. The van der Waals surface area contributed by atoms with Crippen LogP contribution in [0.25, 0.3) is 11.0 Å². The van der Waals surface area contributed by atoms with E-state index in [2.05, 4.69) is 20.3 Å². The normalized spacial score (nSPS) is 11.0. The van der Waals surface area contributed by atoms with Gasteiger partial charge in [-0.15, -0.1) is 0 Å². The fourth-order valence-corrected chi connectivity index (χ4v) is 3.09. The standard InChI is InChI=1S/C24H20N4O3/c1-15-8-9-19(27-23(29)17-6-4-3-5-7-17)12-20(15)25-13-16-10-18-11-21(24(30)31-2)28-22(18)26-14-16/h3-14H,1-2H3,(H,26,28)(H,27,29). The molecule has 4 rings (SSSR count). The zero-order chi connectivity index (χ0) is 21.8. The molecule has 1 amide bonds. The van der Waals surface area contributed by atoms with Gasteiger partial charge in [-0.25, -0.2) is 9.78 Å². The number of aromatic amines is 1. The molecule has 0 atom stereocenters. The van der Waals surface area contributed by atoms with E-state index in [1.807, 2.05) is 49.4 Å². The van der Waals surface area contributed by atoms with E-state index in [1.165, 1.54) is 7.11 Å². The van der Waals surface area contributed by atoms with Crippen LogP contribution in [0.3, 0.4) is 0 Å². The first-order valence-electron chi connectivity index (χ1n) is 9.62. The van der Waals surface area contributed by atoms with Crippen molar-refractivity contribution in [2.45, 2.75) is 6.92 Å². The van der Waals surface area contributed by atoms with Crippen LogP contribution in [0.1, 0.15) is 32.0 Å². The maximum absolute atomic E-state index is 12.4. The Bertz CT molecular complexity index is 1290. The van der Waals surface area contributed by atoms with E-state index in [0.29, 0.717) is 22.6 Å². The molecule has 2 aromatic carbocycles. The number of carbonyl (C=O) groups is 2. The molecule has 0 aliphatic rings. The van der Waals surface area contributed by atoms with Gasteiger partial charge in [-0.2, -0.15) is 0 Å². The molecular formula is C24H20N4O3. The van der Waals surface area contributed by atoms with Crippen LogP contribution in [0.2, 0.25) is 0 Å². The Kier molecular flexibility index (Phi) is 5.57. The summed E-state index contributed by atoms with van der Waals surface area (Å²) in [7, 11) is 1.33. The Labute approximate surface area is 178 Å². The van der Waals surface area contributed by atoms with Crippen molar-refractivity contribution in [1.82, 2.24) is 9.97 Å². The second-order valence-electron chi connectivity index (χ2n) is 6.96. The quantitative estimate of drug-likeness (QED) is 0.368. The van der Waals surface area contributed by atoms with Crippen LogP contribution in [0, 0.1) is 6.92 Å². The monoisotopic (exact) mass is 412 g/mol. The SMILES string of the molecule is COC(=O)c1cc2cc(C=Nc3cc(NC(=O)c4ccccc4)ccc3C)cnc2[nH]1. The molecule has 4 aromatic rings. The molecule has 154 valence electrons. The summed E-state index contributed by atoms with van der Waals surface area (Å²) in [6.45, 7) is 1.95. The lowest BCUT2D eigenvalue weighted by molar-refractivity contribution is 0.0595. The lowest BCUT2D eigenvalue weighted by Gasteiger charge is -2.08. The summed E-state index contributed by atoms with van der Waals surface area (Å²) in [5, 5.41) is 3.68. The number of esters is 1. The second-order valence-corrected chi connectivity index (χ2v) is 6.96. The third-order valence-electron chi connectivity index (χ3n) is 4.75. The molecule has 0 radical (unpaired) electrons. The van der Waals surface area contributed by atoms with Crippen LogP contribution in [-0.4, -0.2) is 35.2 Å². The zero-order valence-electron chi connectivity index (χ0n) is 17.0. The summed E-state index contributed by atoms with van der Waals surface area (Å²) in [5.41, 5.74) is 4.67. The summed E-state index contributed by atoms with van der Waals surface area (Å²) < 4.78 is 4.73. The molecule has 0 aliphatic carbocycles. The predicted molar refractivity (Wildman–Crippen MR) is 120 cm³/mol. The Balaban J connectivity index is 1.55. The van der Waals surface area contributed by atoms with Crippen molar-refractivity contribution < 1.29 is 14.3 Å². The number of hydrogen-bond acceptors (Lipinski definition) is 5. The van der Waals surface area contributed by atoms with E-state index in [4.69, 9.17) is 4.74 Å². The highest BCUT2D eigenvalue weighted by Crippen LogP contribution is 2.24. The van der Waals surface area contributed by atoms with Crippen molar-refractivity contribution in [2.24, 2.45) is 4.99 Å². The number of rotatable bonds is 5. The Morgan fingerprint density at radius 1 is 1.10 bits per heavy atom. The van der Waals surface area contributed by atoms with Gasteiger partial charge >= 0.3 is 5.97 Å². The largest absolute Gasteiger partial charge is 0.464 e. The Hall–Kier alpha value is -4.26. The number of anilines is 1. The zero-order valence-corrected chi connectivity index (χ0v) is 17.0. The molecule has 0 unspecified atom stereocenters. The topological polar surface area (TPSA) is 96.4 Å². The number of carbonyl (C=O) groups excluding carboxylic acids is 2. The smallest absolute Gasteiger partial charge is 0.354 e. The summed E-state index contributed by atoms with van der Waals surface area (Å²) in [6, 6.07) is 18.2. The van der Waals surface area contributed by atoms with E-state index in [0.717, 1.165) is 22.2 Å². The molecular weight excluding hydrogens is 392 g/mol. The lowest BCUT2D eigenvalue weighted by Crippen LogP contribution is -2.11. The predicted octanol–water partition coefficient (Wildman–Crippen LogP) is 4.66. The first-order valence-corrected chi connectivity index (χ1v) is 9.62. The first kappa shape index (κ1) is 20.0. The average molecular weight is 412 g/mol. The minimum absolute atomic E-state index is 0.178. The number of ether oxygens (including phenoxy) is 1. The molecule has 7 nitrogen and oxygen atoms in total. The van der Waals surface area contributed by atoms with Crippen molar-refractivity contribution in [3.05, 3.63) is 89.2 Å². The number of fused-ring (bicyclic) bond motifs is 1. The van der Waals surface area contributed by atoms with Gasteiger partial charge in [-0.3, -0.25) is 9.79 Å². The highest BCUT2D eigenvalue weighted by Gasteiger charge is 2.10. The molecule has 2 N–H and O–H groups in total. The summed E-state index contributed by atoms with van der Waals surface area (Å²) in [4.78, 5) is 35.9. The number of aromatic nitrogens is 2. The molecule has 0 saturated heterocycles. The fraction of sp³-hybridized carbons (Fsp3) is 0.0833.